The standard InChI is InChI=1S/C14H18N2O2/c1-3-16-12-8-18-7-10(12)14(17)15-11-6-4-5-9(2)13(11)16/h4-6,10,12H,3,7-8H2,1-2H3,(H,15,17). The second kappa shape index (κ2) is 4.28. The SMILES string of the molecule is CCN1c2c(C)cccc2NC(=O)C2COCC21. The van der Waals surface area contributed by atoms with Crippen LogP contribution in [0.25, 0.3) is 0 Å². The minimum absolute atomic E-state index is 0.0586. The van der Waals surface area contributed by atoms with Crippen LogP contribution in [0.3, 0.4) is 0 Å². The summed E-state index contributed by atoms with van der Waals surface area (Å²) >= 11 is 0. The Kier molecular flexibility index (Phi) is 2.74. The minimum Gasteiger partial charge on any atom is -0.378 e. The molecule has 2 aliphatic heterocycles. The van der Waals surface area contributed by atoms with Gasteiger partial charge in [0.05, 0.1) is 36.5 Å². The van der Waals surface area contributed by atoms with Gasteiger partial charge in [0, 0.05) is 6.54 Å². The van der Waals surface area contributed by atoms with Crippen molar-refractivity contribution in [3.05, 3.63) is 23.8 Å². The van der Waals surface area contributed by atoms with Gasteiger partial charge in [-0.25, -0.2) is 0 Å². The lowest BCUT2D eigenvalue weighted by Gasteiger charge is -2.31. The molecule has 2 unspecified atom stereocenters. The van der Waals surface area contributed by atoms with E-state index >= 15 is 0 Å². The molecule has 2 aliphatic rings. The van der Waals surface area contributed by atoms with E-state index in [0.717, 1.165) is 17.9 Å². The van der Waals surface area contributed by atoms with Crippen molar-refractivity contribution in [2.75, 3.05) is 30.0 Å². The largest absolute Gasteiger partial charge is 0.378 e. The summed E-state index contributed by atoms with van der Waals surface area (Å²) in [6.45, 7) is 6.27. The number of nitrogens with one attached hydrogen (secondary N) is 1. The molecule has 1 aromatic carbocycles. The van der Waals surface area contributed by atoms with Gasteiger partial charge in [0.25, 0.3) is 0 Å². The Morgan fingerprint density at radius 3 is 3.06 bits per heavy atom. The summed E-state index contributed by atoms with van der Waals surface area (Å²) in [5, 5.41) is 3.04. The number of nitrogens with zero attached hydrogens (tertiary/aromatic N) is 1. The minimum atomic E-state index is -0.0586. The molecule has 1 amide bonds. The Bertz CT molecular complexity index is 487. The van der Waals surface area contributed by atoms with E-state index in [4.69, 9.17) is 4.74 Å². The van der Waals surface area contributed by atoms with Crippen molar-refractivity contribution in [3.63, 3.8) is 0 Å². The summed E-state index contributed by atoms with van der Waals surface area (Å²) in [6.07, 6.45) is 0. The van der Waals surface area contributed by atoms with E-state index in [2.05, 4.69) is 30.1 Å². The highest BCUT2D eigenvalue weighted by Crippen LogP contribution is 2.37. The number of carbonyl (C=O) groups is 1. The van der Waals surface area contributed by atoms with E-state index in [0.29, 0.717) is 13.2 Å². The fourth-order valence-electron chi connectivity index (χ4n) is 3.03. The number of likely N-dealkylation sites (N-methyl/N-ethyl adjacent to an activating group) is 1. The van der Waals surface area contributed by atoms with Gasteiger partial charge in [-0.05, 0) is 25.5 Å². The lowest BCUT2D eigenvalue weighted by Crippen LogP contribution is -2.42. The molecule has 2 heterocycles. The van der Waals surface area contributed by atoms with Crippen molar-refractivity contribution in [2.45, 2.75) is 19.9 Å². The first-order valence-corrected chi connectivity index (χ1v) is 6.47. The summed E-state index contributed by atoms with van der Waals surface area (Å²) in [7, 11) is 0. The molecular weight excluding hydrogens is 228 g/mol. The highest BCUT2D eigenvalue weighted by molar-refractivity contribution is 5.99. The third-order valence-electron chi connectivity index (χ3n) is 3.91. The number of hydrogen-bond donors (Lipinski definition) is 1. The summed E-state index contributed by atoms with van der Waals surface area (Å²) in [5.41, 5.74) is 3.27. The molecule has 0 radical (unpaired) electrons. The van der Waals surface area contributed by atoms with Gasteiger partial charge >= 0.3 is 0 Å². The molecule has 96 valence electrons. The zero-order valence-corrected chi connectivity index (χ0v) is 10.8. The molecule has 1 N–H and O–H groups in total. The Hall–Kier alpha value is -1.55. The van der Waals surface area contributed by atoms with Crippen LogP contribution in [-0.4, -0.2) is 31.7 Å². The van der Waals surface area contributed by atoms with Gasteiger partial charge in [0.1, 0.15) is 0 Å². The number of amides is 1. The molecule has 1 fully saturated rings. The van der Waals surface area contributed by atoms with Crippen LogP contribution in [0.15, 0.2) is 18.2 Å². The van der Waals surface area contributed by atoms with Crippen LogP contribution in [0.5, 0.6) is 0 Å². The van der Waals surface area contributed by atoms with Crippen LogP contribution in [-0.2, 0) is 9.53 Å². The molecule has 1 saturated heterocycles. The number of hydrogen-bond acceptors (Lipinski definition) is 3. The number of carbonyl (C=O) groups excluding carboxylic acids is 1. The van der Waals surface area contributed by atoms with Crippen LogP contribution >= 0.6 is 0 Å². The van der Waals surface area contributed by atoms with Crippen molar-refractivity contribution < 1.29 is 9.53 Å². The number of anilines is 2. The zero-order chi connectivity index (χ0) is 12.7. The first-order chi connectivity index (χ1) is 8.72. The fourth-order valence-corrected chi connectivity index (χ4v) is 3.03. The van der Waals surface area contributed by atoms with Gasteiger partial charge in [-0.3, -0.25) is 4.79 Å². The second-order valence-corrected chi connectivity index (χ2v) is 4.96. The first kappa shape index (κ1) is 11.5. The topological polar surface area (TPSA) is 41.6 Å². The normalized spacial score (nSPS) is 26.3. The fraction of sp³-hybridized carbons (Fsp3) is 0.500. The summed E-state index contributed by atoms with van der Waals surface area (Å²) in [4.78, 5) is 14.5. The maximum Gasteiger partial charge on any atom is 0.232 e. The van der Waals surface area contributed by atoms with E-state index in [9.17, 15) is 4.79 Å². The maximum absolute atomic E-state index is 12.2. The van der Waals surface area contributed by atoms with Gasteiger partial charge in [-0.1, -0.05) is 12.1 Å². The van der Waals surface area contributed by atoms with Gasteiger partial charge in [-0.15, -0.1) is 0 Å². The van der Waals surface area contributed by atoms with E-state index in [1.165, 1.54) is 5.56 Å². The summed E-state index contributed by atoms with van der Waals surface area (Å²) < 4.78 is 5.50. The molecule has 0 aliphatic carbocycles. The predicted octanol–water partition coefficient (Wildman–Crippen LogP) is 1.79. The predicted molar refractivity (Wildman–Crippen MR) is 70.9 cm³/mol. The average molecular weight is 246 g/mol. The summed E-state index contributed by atoms with van der Waals surface area (Å²) in [6, 6.07) is 6.21. The van der Waals surface area contributed by atoms with Gasteiger partial charge in [-0.2, -0.15) is 0 Å². The molecular formula is C14H18N2O2. The Morgan fingerprint density at radius 2 is 2.28 bits per heavy atom. The molecule has 2 atom stereocenters. The quantitative estimate of drug-likeness (QED) is 0.821. The third kappa shape index (κ3) is 1.60. The van der Waals surface area contributed by atoms with Crippen LogP contribution in [0.1, 0.15) is 12.5 Å². The highest BCUT2D eigenvalue weighted by atomic mass is 16.5. The molecule has 0 aromatic heterocycles. The van der Waals surface area contributed by atoms with E-state index < -0.39 is 0 Å². The van der Waals surface area contributed by atoms with Gasteiger partial charge in [0.2, 0.25) is 5.91 Å². The smallest absolute Gasteiger partial charge is 0.232 e. The molecule has 4 heteroatoms. The van der Waals surface area contributed by atoms with Crippen molar-refractivity contribution >= 4 is 17.3 Å². The second-order valence-electron chi connectivity index (χ2n) is 4.96. The highest BCUT2D eigenvalue weighted by Gasteiger charge is 2.41. The number of ether oxygens (including phenoxy) is 1. The Balaban J connectivity index is 2.14. The molecule has 0 saturated carbocycles. The molecule has 1 aromatic rings. The average Bonchev–Trinajstić information content (AvgIpc) is 2.78. The number of benzene rings is 1. The Morgan fingerprint density at radius 1 is 1.44 bits per heavy atom. The monoisotopic (exact) mass is 246 g/mol. The number of rotatable bonds is 1. The third-order valence-corrected chi connectivity index (χ3v) is 3.91. The molecule has 0 spiro atoms. The van der Waals surface area contributed by atoms with E-state index in [1.54, 1.807) is 0 Å². The molecule has 3 rings (SSSR count). The lowest BCUT2D eigenvalue weighted by molar-refractivity contribution is -0.120. The number of aryl methyl sites for hydroxylation is 1. The van der Waals surface area contributed by atoms with Gasteiger partial charge in [0.15, 0.2) is 0 Å². The zero-order valence-electron chi connectivity index (χ0n) is 10.8. The van der Waals surface area contributed by atoms with Crippen molar-refractivity contribution in [1.29, 1.82) is 0 Å². The maximum atomic E-state index is 12.2. The number of fused-ring (bicyclic) bond motifs is 2. The lowest BCUT2D eigenvalue weighted by atomic mass is 10.0. The molecule has 18 heavy (non-hydrogen) atoms. The van der Waals surface area contributed by atoms with E-state index in [1.807, 2.05) is 12.1 Å². The van der Waals surface area contributed by atoms with Crippen molar-refractivity contribution in [2.24, 2.45) is 5.92 Å². The van der Waals surface area contributed by atoms with Crippen molar-refractivity contribution in [3.8, 4) is 0 Å². The van der Waals surface area contributed by atoms with Crippen molar-refractivity contribution in [1.82, 2.24) is 0 Å². The molecule has 4 nitrogen and oxygen atoms in total. The van der Waals surface area contributed by atoms with Crippen LogP contribution in [0, 0.1) is 12.8 Å². The van der Waals surface area contributed by atoms with Crippen LogP contribution in [0.2, 0.25) is 0 Å². The molecule has 0 bridgehead atoms. The van der Waals surface area contributed by atoms with Gasteiger partial charge < -0.3 is 15.0 Å². The summed E-state index contributed by atoms with van der Waals surface area (Å²) in [5.74, 6) is 0.0250. The van der Waals surface area contributed by atoms with Crippen LogP contribution in [0.4, 0.5) is 11.4 Å². The van der Waals surface area contributed by atoms with E-state index in [-0.39, 0.29) is 17.9 Å². The van der Waals surface area contributed by atoms with Crippen LogP contribution < -0.4 is 10.2 Å². The number of para-hydroxylation sites is 1. The Labute approximate surface area is 107 Å². The first-order valence-electron chi connectivity index (χ1n) is 6.47.